The second-order valence-corrected chi connectivity index (χ2v) is 4.25. The molecule has 0 heterocycles. The average molecular weight is 307 g/mol. The van der Waals surface area contributed by atoms with Crippen LogP contribution in [0.15, 0.2) is 28.7 Å². The molecule has 0 aliphatic rings. The SMILES string of the molecule is CCCCOC(=N)Cc1ccccc1Br.Cl. The third-order valence-electron chi connectivity index (χ3n) is 2.08. The van der Waals surface area contributed by atoms with Gasteiger partial charge in [0.1, 0.15) is 0 Å². The lowest BCUT2D eigenvalue weighted by Crippen LogP contribution is -2.08. The topological polar surface area (TPSA) is 33.1 Å². The quantitative estimate of drug-likeness (QED) is 0.493. The van der Waals surface area contributed by atoms with Crippen molar-refractivity contribution in [3.8, 4) is 0 Å². The van der Waals surface area contributed by atoms with Gasteiger partial charge in [-0.3, -0.25) is 5.41 Å². The van der Waals surface area contributed by atoms with Gasteiger partial charge in [-0.2, -0.15) is 0 Å². The third-order valence-corrected chi connectivity index (χ3v) is 2.86. The molecule has 0 aliphatic carbocycles. The molecule has 1 N–H and O–H groups in total. The highest BCUT2D eigenvalue weighted by Gasteiger charge is 2.03. The summed E-state index contributed by atoms with van der Waals surface area (Å²) in [6.07, 6.45) is 2.67. The van der Waals surface area contributed by atoms with Crippen LogP contribution in [-0.4, -0.2) is 12.5 Å². The molecule has 0 amide bonds. The van der Waals surface area contributed by atoms with Crippen molar-refractivity contribution in [3.63, 3.8) is 0 Å². The van der Waals surface area contributed by atoms with Gasteiger partial charge in [-0.25, -0.2) is 0 Å². The van der Waals surface area contributed by atoms with Crippen molar-refractivity contribution in [2.24, 2.45) is 0 Å². The molecule has 0 radical (unpaired) electrons. The fraction of sp³-hybridized carbons (Fsp3) is 0.417. The van der Waals surface area contributed by atoms with Crippen LogP contribution in [0.5, 0.6) is 0 Å². The second-order valence-electron chi connectivity index (χ2n) is 3.39. The minimum Gasteiger partial charge on any atom is -0.481 e. The molecule has 1 aromatic carbocycles. The summed E-state index contributed by atoms with van der Waals surface area (Å²) in [6, 6.07) is 7.92. The van der Waals surface area contributed by atoms with Gasteiger partial charge < -0.3 is 4.74 Å². The highest BCUT2D eigenvalue weighted by atomic mass is 79.9. The fourth-order valence-electron chi connectivity index (χ4n) is 1.21. The number of rotatable bonds is 5. The number of halogens is 2. The molecule has 2 nitrogen and oxygen atoms in total. The highest BCUT2D eigenvalue weighted by molar-refractivity contribution is 9.10. The summed E-state index contributed by atoms with van der Waals surface area (Å²) in [7, 11) is 0. The summed E-state index contributed by atoms with van der Waals surface area (Å²) in [5, 5.41) is 7.66. The molecule has 0 unspecified atom stereocenters. The molecule has 0 saturated heterocycles. The zero-order chi connectivity index (χ0) is 11.1. The van der Waals surface area contributed by atoms with E-state index in [-0.39, 0.29) is 12.4 Å². The Bertz CT molecular complexity index is 331. The van der Waals surface area contributed by atoms with Crippen molar-refractivity contribution in [2.45, 2.75) is 26.2 Å². The van der Waals surface area contributed by atoms with Crippen molar-refractivity contribution in [1.82, 2.24) is 0 Å². The summed E-state index contributed by atoms with van der Waals surface area (Å²) in [5.41, 5.74) is 1.10. The van der Waals surface area contributed by atoms with Gasteiger partial charge >= 0.3 is 0 Å². The van der Waals surface area contributed by atoms with Gasteiger partial charge in [0.25, 0.3) is 0 Å². The van der Waals surface area contributed by atoms with E-state index in [9.17, 15) is 0 Å². The van der Waals surface area contributed by atoms with Crippen molar-refractivity contribution in [1.29, 1.82) is 5.41 Å². The minimum absolute atomic E-state index is 0. The monoisotopic (exact) mass is 305 g/mol. The van der Waals surface area contributed by atoms with E-state index in [0.717, 1.165) is 22.9 Å². The van der Waals surface area contributed by atoms with E-state index in [2.05, 4.69) is 22.9 Å². The Balaban J connectivity index is 0.00000225. The summed E-state index contributed by atoms with van der Waals surface area (Å²) in [6.45, 7) is 2.76. The van der Waals surface area contributed by atoms with Crippen molar-refractivity contribution < 1.29 is 4.74 Å². The van der Waals surface area contributed by atoms with Crippen LogP contribution in [0.4, 0.5) is 0 Å². The number of hydrogen-bond donors (Lipinski definition) is 1. The summed E-state index contributed by atoms with van der Waals surface area (Å²) >= 11 is 3.45. The normalized spacial score (nSPS) is 9.38. The lowest BCUT2D eigenvalue weighted by atomic mass is 10.1. The minimum atomic E-state index is 0. The second kappa shape index (κ2) is 8.59. The van der Waals surface area contributed by atoms with Crippen molar-refractivity contribution in [3.05, 3.63) is 34.3 Å². The van der Waals surface area contributed by atoms with Gasteiger partial charge in [-0.15, -0.1) is 12.4 Å². The van der Waals surface area contributed by atoms with Gasteiger partial charge in [-0.1, -0.05) is 47.5 Å². The Morgan fingerprint density at radius 2 is 2.06 bits per heavy atom. The van der Waals surface area contributed by atoms with Crippen molar-refractivity contribution >= 4 is 34.2 Å². The Labute approximate surface area is 111 Å². The first-order valence-corrected chi connectivity index (χ1v) is 5.97. The Kier molecular flexibility index (Phi) is 8.30. The van der Waals surface area contributed by atoms with Crippen LogP contribution in [0.1, 0.15) is 25.3 Å². The fourth-order valence-corrected chi connectivity index (χ4v) is 1.63. The van der Waals surface area contributed by atoms with Gasteiger partial charge in [0.15, 0.2) is 5.90 Å². The summed E-state index contributed by atoms with van der Waals surface area (Å²) in [4.78, 5) is 0. The molecule has 0 saturated carbocycles. The highest BCUT2D eigenvalue weighted by Crippen LogP contribution is 2.16. The first kappa shape index (κ1) is 15.5. The van der Waals surface area contributed by atoms with Crippen LogP contribution >= 0.6 is 28.3 Å². The van der Waals surface area contributed by atoms with E-state index in [4.69, 9.17) is 10.1 Å². The molecule has 4 heteroatoms. The van der Waals surface area contributed by atoms with E-state index < -0.39 is 0 Å². The number of unbranched alkanes of at least 4 members (excludes halogenated alkanes) is 1. The maximum atomic E-state index is 7.66. The Hall–Kier alpha value is -0.540. The molecule has 1 aromatic rings. The number of nitrogens with one attached hydrogen (secondary N) is 1. The average Bonchev–Trinajstić information content (AvgIpc) is 2.22. The number of hydrogen-bond acceptors (Lipinski definition) is 2. The Morgan fingerprint density at radius 1 is 1.38 bits per heavy atom. The smallest absolute Gasteiger partial charge is 0.184 e. The van der Waals surface area contributed by atoms with Crippen LogP contribution in [0.3, 0.4) is 0 Å². The van der Waals surface area contributed by atoms with Gasteiger partial charge in [0.2, 0.25) is 0 Å². The molecule has 0 aromatic heterocycles. The van der Waals surface area contributed by atoms with Crippen molar-refractivity contribution in [2.75, 3.05) is 6.61 Å². The molecule has 0 bridgehead atoms. The van der Waals surface area contributed by atoms with Gasteiger partial charge in [0, 0.05) is 10.9 Å². The van der Waals surface area contributed by atoms with E-state index in [0.29, 0.717) is 18.9 Å². The first-order chi connectivity index (χ1) is 7.24. The Morgan fingerprint density at radius 3 is 2.69 bits per heavy atom. The lowest BCUT2D eigenvalue weighted by Gasteiger charge is -2.07. The molecule has 16 heavy (non-hydrogen) atoms. The molecule has 0 fully saturated rings. The zero-order valence-electron chi connectivity index (χ0n) is 9.33. The number of ether oxygens (including phenoxy) is 1. The maximum absolute atomic E-state index is 7.66. The van der Waals surface area contributed by atoms with Crippen LogP contribution in [0.25, 0.3) is 0 Å². The lowest BCUT2D eigenvalue weighted by molar-refractivity contribution is 0.287. The standard InChI is InChI=1S/C12H16BrNO.ClH/c1-2-3-8-15-12(14)9-10-6-4-5-7-11(10)13;/h4-7,14H,2-3,8-9H2,1H3;1H. The molecule has 0 atom stereocenters. The summed E-state index contributed by atoms with van der Waals surface area (Å²) < 4.78 is 6.34. The van der Waals surface area contributed by atoms with E-state index in [1.165, 1.54) is 0 Å². The predicted octanol–water partition coefficient (Wildman–Crippen LogP) is 4.21. The molecule has 1 rings (SSSR count). The van der Waals surface area contributed by atoms with Crippen LogP contribution < -0.4 is 0 Å². The predicted molar refractivity (Wildman–Crippen MR) is 73.7 cm³/mol. The van der Waals surface area contributed by atoms with Gasteiger partial charge in [-0.05, 0) is 18.1 Å². The van der Waals surface area contributed by atoms with Crippen LogP contribution in [0, 0.1) is 5.41 Å². The molecule has 0 aliphatic heterocycles. The molecule has 0 spiro atoms. The van der Waals surface area contributed by atoms with E-state index >= 15 is 0 Å². The van der Waals surface area contributed by atoms with E-state index in [1.807, 2.05) is 24.3 Å². The molecule has 90 valence electrons. The number of benzene rings is 1. The third kappa shape index (κ3) is 5.52. The zero-order valence-corrected chi connectivity index (χ0v) is 11.7. The summed E-state index contributed by atoms with van der Waals surface area (Å²) in [5.74, 6) is 0.343. The van der Waals surface area contributed by atoms with E-state index in [1.54, 1.807) is 0 Å². The largest absolute Gasteiger partial charge is 0.481 e. The van der Waals surface area contributed by atoms with Crippen LogP contribution in [0.2, 0.25) is 0 Å². The first-order valence-electron chi connectivity index (χ1n) is 5.17. The maximum Gasteiger partial charge on any atom is 0.184 e. The molecular weight excluding hydrogens is 289 g/mol. The molecular formula is C12H17BrClNO. The van der Waals surface area contributed by atoms with Gasteiger partial charge in [0.05, 0.1) is 6.61 Å². The van der Waals surface area contributed by atoms with Crippen LogP contribution in [-0.2, 0) is 11.2 Å².